The monoisotopic (exact) mass is 448 g/mol. The van der Waals surface area contributed by atoms with E-state index in [2.05, 4.69) is 5.32 Å². The van der Waals surface area contributed by atoms with Gasteiger partial charge in [-0.25, -0.2) is 4.79 Å². The minimum absolute atomic E-state index is 0.00382. The molecule has 0 aromatic heterocycles. The second-order valence-electron chi connectivity index (χ2n) is 9.07. The lowest BCUT2D eigenvalue weighted by molar-refractivity contribution is -0.158. The maximum absolute atomic E-state index is 12.8. The largest absolute Gasteiger partial charge is 0.334 e. The molecule has 7 heteroatoms. The van der Waals surface area contributed by atoms with Crippen molar-refractivity contribution in [2.24, 2.45) is 0 Å². The lowest BCUT2D eigenvalue weighted by Crippen LogP contribution is -2.59. The van der Waals surface area contributed by atoms with E-state index in [0.717, 1.165) is 11.1 Å². The van der Waals surface area contributed by atoms with E-state index < -0.39 is 11.8 Å². The first-order chi connectivity index (χ1) is 15.9. The van der Waals surface area contributed by atoms with Crippen molar-refractivity contribution >= 4 is 17.8 Å². The highest BCUT2D eigenvalue weighted by Gasteiger charge is 2.37. The molecule has 2 heterocycles. The number of carbonyl (C=O) groups is 3. The Labute approximate surface area is 195 Å². The molecule has 2 aliphatic heterocycles. The normalized spacial score (nSPS) is 17.5. The number of likely N-dealkylation sites (tertiary alicyclic amines) is 1. The molecule has 2 aromatic rings. The zero-order valence-corrected chi connectivity index (χ0v) is 19.4. The van der Waals surface area contributed by atoms with Crippen LogP contribution in [-0.4, -0.2) is 64.8 Å². The molecule has 0 saturated carbocycles. The number of nitrogens with zero attached hydrogens (tertiary/aromatic N) is 3. The zero-order chi connectivity index (χ0) is 23.4. The Morgan fingerprint density at radius 2 is 1.39 bits per heavy atom. The smallest absolute Gasteiger partial charge is 0.317 e. The summed E-state index contributed by atoms with van der Waals surface area (Å²) in [6.07, 6.45) is 1.38. The molecule has 7 nitrogen and oxygen atoms in total. The van der Waals surface area contributed by atoms with Crippen LogP contribution in [0.15, 0.2) is 48.5 Å². The van der Waals surface area contributed by atoms with E-state index in [1.807, 2.05) is 62.4 Å². The molecule has 2 aliphatic rings. The lowest BCUT2D eigenvalue weighted by atomic mass is 10.0. The Hall–Kier alpha value is -3.35. The van der Waals surface area contributed by atoms with E-state index >= 15 is 0 Å². The fourth-order valence-corrected chi connectivity index (χ4v) is 4.48. The van der Waals surface area contributed by atoms with E-state index in [9.17, 15) is 14.4 Å². The highest BCUT2D eigenvalue weighted by atomic mass is 16.2. The molecule has 0 aliphatic carbocycles. The number of hydrogen-bond acceptors (Lipinski definition) is 3. The summed E-state index contributed by atoms with van der Waals surface area (Å²) in [5.74, 6) is -0.851. The molecular weight excluding hydrogens is 416 g/mol. The summed E-state index contributed by atoms with van der Waals surface area (Å²) >= 11 is 0. The Balaban J connectivity index is 1.25. The van der Waals surface area contributed by atoms with E-state index in [0.29, 0.717) is 52.1 Å². The fourth-order valence-electron chi connectivity index (χ4n) is 4.48. The summed E-state index contributed by atoms with van der Waals surface area (Å²) in [6.45, 7) is 7.25. The van der Waals surface area contributed by atoms with Crippen molar-refractivity contribution in [1.29, 1.82) is 0 Å². The molecule has 0 spiro atoms. The summed E-state index contributed by atoms with van der Waals surface area (Å²) < 4.78 is 0. The number of hydrogen-bond donors (Lipinski definition) is 1. The summed E-state index contributed by atoms with van der Waals surface area (Å²) in [5, 5.41) is 2.98. The Morgan fingerprint density at radius 3 is 2.00 bits per heavy atom. The molecule has 4 rings (SSSR count). The van der Waals surface area contributed by atoms with Crippen LogP contribution >= 0.6 is 0 Å². The average Bonchev–Trinajstić information content (AvgIpc) is 2.83. The summed E-state index contributed by atoms with van der Waals surface area (Å²) in [5.41, 5.74) is 4.45. The van der Waals surface area contributed by atoms with Crippen molar-refractivity contribution in [3.8, 4) is 0 Å². The van der Waals surface area contributed by atoms with Crippen LogP contribution in [0.4, 0.5) is 4.79 Å². The van der Waals surface area contributed by atoms with Gasteiger partial charge in [0.25, 0.3) is 0 Å². The number of piperazine rings is 1. The van der Waals surface area contributed by atoms with Crippen molar-refractivity contribution < 1.29 is 14.4 Å². The maximum Gasteiger partial charge on any atom is 0.317 e. The molecule has 4 amide bonds. The highest BCUT2D eigenvalue weighted by Crippen LogP contribution is 2.21. The quantitative estimate of drug-likeness (QED) is 0.715. The van der Waals surface area contributed by atoms with Crippen molar-refractivity contribution in [1.82, 2.24) is 20.0 Å². The van der Waals surface area contributed by atoms with E-state index in [1.165, 1.54) is 11.1 Å². The van der Waals surface area contributed by atoms with Gasteiger partial charge in [0.05, 0.1) is 0 Å². The van der Waals surface area contributed by atoms with Gasteiger partial charge >= 0.3 is 17.8 Å². The number of amides is 4. The van der Waals surface area contributed by atoms with Crippen LogP contribution in [0.25, 0.3) is 0 Å². The second kappa shape index (κ2) is 10.1. The molecule has 33 heavy (non-hydrogen) atoms. The fraction of sp³-hybridized carbons (Fsp3) is 0.423. The van der Waals surface area contributed by atoms with Gasteiger partial charge in [-0.2, -0.15) is 0 Å². The van der Waals surface area contributed by atoms with Gasteiger partial charge in [-0.3, -0.25) is 9.59 Å². The minimum Gasteiger partial charge on any atom is -0.334 e. The summed E-state index contributed by atoms with van der Waals surface area (Å²) in [7, 11) is 0. The van der Waals surface area contributed by atoms with Gasteiger partial charge in [-0.05, 0) is 37.8 Å². The third-order valence-corrected chi connectivity index (χ3v) is 6.59. The number of rotatable bonds is 5. The van der Waals surface area contributed by atoms with Crippen LogP contribution < -0.4 is 5.32 Å². The zero-order valence-electron chi connectivity index (χ0n) is 19.4. The van der Waals surface area contributed by atoms with Gasteiger partial charge < -0.3 is 20.0 Å². The molecule has 2 saturated heterocycles. The number of nitrogens with one attached hydrogen (secondary N) is 1. The average molecular weight is 449 g/mol. The van der Waals surface area contributed by atoms with Gasteiger partial charge in [0.15, 0.2) is 0 Å². The summed E-state index contributed by atoms with van der Waals surface area (Å²) in [6, 6.07) is 16.1. The van der Waals surface area contributed by atoms with Gasteiger partial charge in [0, 0.05) is 45.3 Å². The van der Waals surface area contributed by atoms with Crippen LogP contribution in [-0.2, 0) is 22.7 Å². The third kappa shape index (κ3) is 5.53. The van der Waals surface area contributed by atoms with Crippen LogP contribution in [0.1, 0.15) is 35.1 Å². The maximum atomic E-state index is 12.8. The first-order valence-corrected chi connectivity index (χ1v) is 11.6. The van der Waals surface area contributed by atoms with Gasteiger partial charge in [0.1, 0.15) is 0 Å². The molecule has 2 aromatic carbocycles. The third-order valence-electron chi connectivity index (χ3n) is 6.59. The van der Waals surface area contributed by atoms with Crippen molar-refractivity contribution in [2.45, 2.75) is 45.8 Å². The number of urea groups is 1. The Morgan fingerprint density at radius 1 is 0.818 bits per heavy atom. The van der Waals surface area contributed by atoms with Crippen LogP contribution in [0, 0.1) is 13.8 Å². The molecule has 174 valence electrons. The number of benzene rings is 2. The molecule has 2 fully saturated rings. The van der Waals surface area contributed by atoms with Gasteiger partial charge in [0.2, 0.25) is 0 Å². The second-order valence-corrected chi connectivity index (χ2v) is 9.07. The highest BCUT2D eigenvalue weighted by molar-refractivity contribution is 6.35. The minimum atomic E-state index is -0.430. The van der Waals surface area contributed by atoms with E-state index in [1.54, 1.807) is 14.7 Å². The Bertz CT molecular complexity index is 995. The molecule has 0 radical (unpaired) electrons. The SMILES string of the molecule is Cc1ccc(CNC(=O)N2CCC(N3CCN(Cc4ccc(C)cc4)C(=O)C3=O)CC2)cc1. The molecule has 0 unspecified atom stereocenters. The van der Waals surface area contributed by atoms with Crippen LogP contribution in [0.3, 0.4) is 0 Å². The lowest BCUT2D eigenvalue weighted by Gasteiger charge is -2.42. The summed E-state index contributed by atoms with van der Waals surface area (Å²) in [4.78, 5) is 43.2. The number of piperidine rings is 1. The van der Waals surface area contributed by atoms with Crippen molar-refractivity contribution in [3.63, 3.8) is 0 Å². The number of carbonyl (C=O) groups excluding carboxylic acids is 3. The standard InChI is InChI=1S/C26H32N4O3/c1-19-3-7-21(8-4-19)17-27-26(33)28-13-11-23(12-14-28)30-16-15-29(24(31)25(30)32)18-22-9-5-20(2)6-10-22/h3-10,23H,11-18H2,1-2H3,(H,27,33). The van der Waals surface area contributed by atoms with Gasteiger partial charge in [-0.15, -0.1) is 0 Å². The van der Waals surface area contributed by atoms with E-state index in [4.69, 9.17) is 0 Å². The molecule has 0 bridgehead atoms. The van der Waals surface area contributed by atoms with Crippen LogP contribution in [0.5, 0.6) is 0 Å². The van der Waals surface area contributed by atoms with Crippen molar-refractivity contribution in [3.05, 3.63) is 70.8 Å². The first-order valence-electron chi connectivity index (χ1n) is 11.6. The topological polar surface area (TPSA) is 73.0 Å². The molecule has 1 N–H and O–H groups in total. The van der Waals surface area contributed by atoms with E-state index in [-0.39, 0.29) is 12.1 Å². The van der Waals surface area contributed by atoms with Gasteiger partial charge in [-0.1, -0.05) is 59.7 Å². The Kier molecular flexibility index (Phi) is 6.96. The first kappa shape index (κ1) is 22.8. The predicted octanol–water partition coefficient (Wildman–Crippen LogP) is 2.85. The van der Waals surface area contributed by atoms with Crippen LogP contribution in [0.2, 0.25) is 0 Å². The van der Waals surface area contributed by atoms with Crippen molar-refractivity contribution in [2.75, 3.05) is 26.2 Å². The molecular formula is C26H32N4O3. The number of aryl methyl sites for hydroxylation is 2. The predicted molar refractivity (Wildman–Crippen MR) is 126 cm³/mol. The molecule has 0 atom stereocenters.